The summed E-state index contributed by atoms with van der Waals surface area (Å²) in [5.41, 5.74) is 0. The van der Waals surface area contributed by atoms with Crippen LogP contribution >= 0.6 is 11.8 Å². The summed E-state index contributed by atoms with van der Waals surface area (Å²) in [6.45, 7) is 4.36. The molecule has 3 nitrogen and oxygen atoms in total. The van der Waals surface area contributed by atoms with Crippen LogP contribution in [0, 0.1) is 0 Å². The van der Waals surface area contributed by atoms with Crippen molar-refractivity contribution in [2.45, 2.75) is 44.2 Å². The van der Waals surface area contributed by atoms with Crippen molar-refractivity contribution >= 4 is 17.7 Å². The van der Waals surface area contributed by atoms with Gasteiger partial charge in [-0.05, 0) is 32.4 Å². The molecule has 0 radical (unpaired) electrons. The van der Waals surface area contributed by atoms with Crippen LogP contribution in [0.1, 0.15) is 26.7 Å². The van der Waals surface area contributed by atoms with Crippen LogP contribution in [0.25, 0.3) is 0 Å². The minimum atomic E-state index is -1.56. The number of halogens is 1. The number of ether oxygens (including phenoxy) is 1. The minimum Gasteiger partial charge on any atom is -0.464 e. The fourth-order valence-corrected chi connectivity index (χ4v) is 2.87. The van der Waals surface area contributed by atoms with Gasteiger partial charge in [0, 0.05) is 17.8 Å². The summed E-state index contributed by atoms with van der Waals surface area (Å²) in [6.07, 6.45) is 0.856. The average Bonchev–Trinajstić information content (AvgIpc) is 2.78. The van der Waals surface area contributed by atoms with Crippen LogP contribution in [-0.2, 0) is 9.53 Å². The van der Waals surface area contributed by atoms with Gasteiger partial charge in [-0.25, -0.2) is 9.18 Å². The van der Waals surface area contributed by atoms with Gasteiger partial charge in [-0.2, -0.15) is 11.8 Å². The van der Waals surface area contributed by atoms with E-state index >= 15 is 0 Å². The molecular weight excluding hydrogens is 229 g/mol. The maximum absolute atomic E-state index is 13.5. The van der Waals surface area contributed by atoms with Gasteiger partial charge in [0.1, 0.15) is 0 Å². The molecule has 94 valence electrons. The lowest BCUT2D eigenvalue weighted by Gasteiger charge is -2.19. The summed E-state index contributed by atoms with van der Waals surface area (Å²) in [5, 5.41) is 3.63. The van der Waals surface area contributed by atoms with E-state index in [0.29, 0.717) is 5.25 Å². The summed E-state index contributed by atoms with van der Waals surface area (Å²) < 4.78 is 18.1. The second-order valence-corrected chi connectivity index (χ2v) is 5.39. The average molecular weight is 249 g/mol. The highest BCUT2D eigenvalue weighted by Crippen LogP contribution is 2.25. The van der Waals surface area contributed by atoms with Crippen molar-refractivity contribution in [1.82, 2.24) is 5.32 Å². The van der Waals surface area contributed by atoms with Crippen molar-refractivity contribution in [2.24, 2.45) is 0 Å². The van der Waals surface area contributed by atoms with Crippen LogP contribution in [0.2, 0.25) is 0 Å². The molecular formula is C11H20FNO2S. The zero-order chi connectivity index (χ0) is 12.0. The fraction of sp³-hybridized carbons (Fsp3) is 0.909. The minimum absolute atomic E-state index is 0.227. The second-order valence-electron chi connectivity index (χ2n) is 3.99. The maximum Gasteiger partial charge on any atom is 0.342 e. The van der Waals surface area contributed by atoms with E-state index < -0.39 is 18.2 Å². The summed E-state index contributed by atoms with van der Waals surface area (Å²) in [6, 6.07) is -0.472. The Labute approximate surface area is 100 Å². The molecule has 0 aromatic carbocycles. The van der Waals surface area contributed by atoms with Gasteiger partial charge in [0.25, 0.3) is 0 Å². The highest BCUT2D eigenvalue weighted by molar-refractivity contribution is 8.00. The van der Waals surface area contributed by atoms with Gasteiger partial charge < -0.3 is 10.1 Å². The van der Waals surface area contributed by atoms with Crippen LogP contribution in [-0.4, -0.2) is 42.3 Å². The lowest BCUT2D eigenvalue weighted by Crippen LogP contribution is -2.42. The van der Waals surface area contributed by atoms with Crippen molar-refractivity contribution < 1.29 is 13.9 Å². The number of carbonyl (C=O) groups is 1. The lowest BCUT2D eigenvalue weighted by molar-refractivity contribution is -0.150. The third-order valence-corrected chi connectivity index (χ3v) is 4.04. The smallest absolute Gasteiger partial charge is 0.342 e. The first kappa shape index (κ1) is 13.8. The molecule has 0 bridgehead atoms. The van der Waals surface area contributed by atoms with E-state index in [0.717, 1.165) is 6.54 Å². The van der Waals surface area contributed by atoms with E-state index in [1.807, 2.05) is 11.8 Å². The summed E-state index contributed by atoms with van der Waals surface area (Å²) in [5.74, 6) is 0.430. The molecule has 1 aliphatic heterocycles. The number of hydrogen-bond acceptors (Lipinski definition) is 4. The number of rotatable bonds is 6. The topological polar surface area (TPSA) is 38.3 Å². The molecule has 1 heterocycles. The standard InChI is InChI=1S/C11H20FNO2S/c1-3-15-11(14)10(12)8(2)13-7-9-5-4-6-16-9/h8-10,13H,3-7H2,1-2H3. The molecule has 0 aromatic heterocycles. The molecule has 0 saturated carbocycles. The van der Waals surface area contributed by atoms with Crippen LogP contribution in [0.3, 0.4) is 0 Å². The Bertz CT molecular complexity index is 222. The molecule has 1 saturated heterocycles. The number of alkyl halides is 1. The zero-order valence-corrected chi connectivity index (χ0v) is 10.7. The van der Waals surface area contributed by atoms with Gasteiger partial charge in [-0.1, -0.05) is 0 Å². The Kier molecular flexibility index (Phi) is 6.13. The second kappa shape index (κ2) is 7.12. The van der Waals surface area contributed by atoms with Gasteiger partial charge in [-0.3, -0.25) is 0 Å². The van der Waals surface area contributed by atoms with Gasteiger partial charge in [0.05, 0.1) is 6.61 Å². The molecule has 0 aliphatic carbocycles. The Morgan fingerprint density at radius 2 is 2.44 bits per heavy atom. The summed E-state index contributed by atoms with van der Waals surface area (Å²) in [4.78, 5) is 11.1. The largest absolute Gasteiger partial charge is 0.464 e. The lowest BCUT2D eigenvalue weighted by atomic mass is 10.2. The zero-order valence-electron chi connectivity index (χ0n) is 9.87. The predicted molar refractivity (Wildman–Crippen MR) is 64.5 cm³/mol. The third kappa shape index (κ3) is 4.29. The molecule has 3 unspecified atom stereocenters. The van der Waals surface area contributed by atoms with E-state index in [9.17, 15) is 9.18 Å². The Morgan fingerprint density at radius 3 is 3.00 bits per heavy atom. The first-order valence-corrected chi connectivity index (χ1v) is 6.85. The van der Waals surface area contributed by atoms with E-state index in [1.54, 1.807) is 13.8 Å². The van der Waals surface area contributed by atoms with Crippen molar-refractivity contribution in [1.29, 1.82) is 0 Å². The molecule has 0 aromatic rings. The van der Waals surface area contributed by atoms with Crippen molar-refractivity contribution in [3.8, 4) is 0 Å². The summed E-state index contributed by atoms with van der Waals surface area (Å²) in [7, 11) is 0. The van der Waals surface area contributed by atoms with Crippen LogP contribution < -0.4 is 5.32 Å². The first-order chi connectivity index (χ1) is 7.65. The third-order valence-electron chi connectivity index (χ3n) is 2.64. The molecule has 1 rings (SSSR count). The normalized spacial score (nSPS) is 24.1. The Hall–Kier alpha value is -0.290. The SMILES string of the molecule is CCOC(=O)C(F)C(C)NCC1CCCS1. The number of carbonyl (C=O) groups excluding carboxylic acids is 1. The van der Waals surface area contributed by atoms with Gasteiger partial charge in [-0.15, -0.1) is 0 Å². The molecule has 5 heteroatoms. The fourth-order valence-electron chi connectivity index (χ4n) is 1.65. The van der Waals surface area contributed by atoms with E-state index in [4.69, 9.17) is 0 Å². The van der Waals surface area contributed by atoms with Gasteiger partial charge in [0.15, 0.2) is 0 Å². The highest BCUT2D eigenvalue weighted by Gasteiger charge is 2.26. The highest BCUT2D eigenvalue weighted by atomic mass is 32.2. The first-order valence-electron chi connectivity index (χ1n) is 5.80. The molecule has 0 amide bonds. The van der Waals surface area contributed by atoms with Crippen molar-refractivity contribution in [3.05, 3.63) is 0 Å². The van der Waals surface area contributed by atoms with Crippen molar-refractivity contribution in [2.75, 3.05) is 18.9 Å². The van der Waals surface area contributed by atoms with E-state index in [1.165, 1.54) is 18.6 Å². The number of esters is 1. The summed E-state index contributed by atoms with van der Waals surface area (Å²) >= 11 is 1.91. The molecule has 0 spiro atoms. The quantitative estimate of drug-likeness (QED) is 0.728. The number of thioether (sulfide) groups is 1. The monoisotopic (exact) mass is 249 g/mol. The number of hydrogen-bond donors (Lipinski definition) is 1. The van der Waals surface area contributed by atoms with E-state index in [-0.39, 0.29) is 6.61 Å². The molecule has 1 N–H and O–H groups in total. The Morgan fingerprint density at radius 1 is 1.69 bits per heavy atom. The van der Waals surface area contributed by atoms with Crippen LogP contribution in [0.5, 0.6) is 0 Å². The molecule has 3 atom stereocenters. The molecule has 1 aliphatic rings. The molecule has 16 heavy (non-hydrogen) atoms. The Balaban J connectivity index is 2.22. The predicted octanol–water partition coefficient (Wildman–Crippen LogP) is 1.76. The number of nitrogens with one attached hydrogen (secondary N) is 1. The van der Waals surface area contributed by atoms with Gasteiger partial charge >= 0.3 is 5.97 Å². The molecule has 1 fully saturated rings. The van der Waals surface area contributed by atoms with Crippen LogP contribution in [0.15, 0.2) is 0 Å². The van der Waals surface area contributed by atoms with Gasteiger partial charge in [0.2, 0.25) is 6.17 Å². The maximum atomic E-state index is 13.5. The van der Waals surface area contributed by atoms with Crippen molar-refractivity contribution in [3.63, 3.8) is 0 Å². The van der Waals surface area contributed by atoms with E-state index in [2.05, 4.69) is 10.1 Å². The van der Waals surface area contributed by atoms with Crippen LogP contribution in [0.4, 0.5) is 4.39 Å².